The van der Waals surface area contributed by atoms with Crippen molar-refractivity contribution in [3.63, 3.8) is 0 Å². The van der Waals surface area contributed by atoms with Gasteiger partial charge in [0.2, 0.25) is 17.8 Å². The van der Waals surface area contributed by atoms with Gasteiger partial charge in [0.1, 0.15) is 24.9 Å². The van der Waals surface area contributed by atoms with Crippen LogP contribution in [0.1, 0.15) is 27.0 Å². The second-order valence-electron chi connectivity index (χ2n) is 7.28. The number of nitrogens with one attached hydrogen (secondary N) is 2. The highest BCUT2D eigenvalue weighted by atomic mass is 32.4. The first-order chi connectivity index (χ1) is 15.1. The Morgan fingerprint density at radius 3 is 2.94 bits per heavy atom. The molecule has 2 aromatic heterocycles. The number of nitrogens with zero attached hydrogens (tertiary/aromatic N) is 4. The van der Waals surface area contributed by atoms with Crippen LogP contribution in [-0.2, 0) is 30.6 Å². The van der Waals surface area contributed by atoms with Crippen molar-refractivity contribution in [1.29, 1.82) is 0 Å². The van der Waals surface area contributed by atoms with E-state index in [0.717, 1.165) is 0 Å². The lowest BCUT2D eigenvalue weighted by Gasteiger charge is -2.24. The second kappa shape index (κ2) is 9.81. The average molecular weight is 490 g/mol. The Bertz CT molecular complexity index is 1010. The molecule has 3 rings (SSSR count). The number of alkyl halides is 1. The van der Waals surface area contributed by atoms with Crippen LogP contribution in [0.25, 0.3) is 11.2 Å². The van der Waals surface area contributed by atoms with Crippen LogP contribution >= 0.6 is 7.07 Å². The molecule has 1 fully saturated rings. The van der Waals surface area contributed by atoms with Crippen molar-refractivity contribution < 1.29 is 28.3 Å². The first-order valence-corrected chi connectivity index (χ1v) is 12.1. The number of anilines is 2. The monoisotopic (exact) mass is 490 g/mol. The van der Waals surface area contributed by atoms with E-state index in [1.54, 1.807) is 20.9 Å². The van der Waals surface area contributed by atoms with E-state index < -0.39 is 43.2 Å². The summed E-state index contributed by atoms with van der Waals surface area (Å²) in [5.74, 6) is -0.110. The van der Waals surface area contributed by atoms with Crippen LogP contribution in [0.5, 0.6) is 0 Å². The minimum Gasteiger partial charge on any atom is -0.465 e. The number of rotatable bonds is 9. The summed E-state index contributed by atoms with van der Waals surface area (Å²) in [6.07, 6.45) is -2.45. The number of carbonyl (C=O) groups excluding carboxylic acids is 1. The number of fused-ring (bicyclic) bond motifs is 1. The molecule has 0 amide bonds. The highest BCUT2D eigenvalue weighted by molar-refractivity contribution is 8.02. The second-order valence-corrected chi connectivity index (χ2v) is 9.31. The number of nitrogens with two attached hydrogens (primary N) is 1. The maximum atomic E-state index is 15.6. The van der Waals surface area contributed by atoms with Gasteiger partial charge in [-0.1, -0.05) is 5.09 Å². The van der Waals surface area contributed by atoms with Crippen molar-refractivity contribution >= 4 is 47.8 Å². The standard InChI is InChI=1S/C17H26FN7O5PS/c1-5-28-14(27)8(2)24-31(32)29-6-9-11(26)17(3,18)15(30-9)25-7-21-10-12(20-4)22-16(19)23-13(10)25/h7-9,11,15,26H,5-6H2,1-4H3,(H,24,32)(H3,19,20,22,23)/q+1/t8-,9+,11+,15+,17+/m0/s1. The highest BCUT2D eigenvalue weighted by Crippen LogP contribution is 2.43. The number of aromatic nitrogens is 4. The third-order valence-electron chi connectivity index (χ3n) is 4.94. The molecular formula is C17H26FN7O5PS+. The van der Waals surface area contributed by atoms with Gasteiger partial charge in [0, 0.05) is 7.05 Å². The van der Waals surface area contributed by atoms with Gasteiger partial charge in [-0.3, -0.25) is 9.36 Å². The molecule has 1 saturated heterocycles. The molecule has 0 aliphatic carbocycles. The molecule has 0 aromatic carbocycles. The molecular weight excluding hydrogens is 464 g/mol. The zero-order valence-electron chi connectivity index (χ0n) is 18.0. The number of nitrogen functional groups attached to an aromatic ring is 1. The number of ether oxygens (including phenoxy) is 2. The largest absolute Gasteiger partial charge is 0.465 e. The van der Waals surface area contributed by atoms with Gasteiger partial charge in [-0.15, -0.1) is 4.52 Å². The predicted octanol–water partition coefficient (Wildman–Crippen LogP) is 0.768. The molecule has 5 N–H and O–H groups in total. The summed E-state index contributed by atoms with van der Waals surface area (Å²) in [6, 6.07) is -0.670. The Labute approximate surface area is 189 Å². The summed E-state index contributed by atoms with van der Waals surface area (Å²) in [4.78, 5) is 24.1. The minimum absolute atomic E-state index is 0.0267. The van der Waals surface area contributed by atoms with Crippen LogP contribution in [0.4, 0.5) is 16.2 Å². The summed E-state index contributed by atoms with van der Waals surface area (Å²) in [5, 5.41) is 16.2. The SMILES string of the molecule is CCOC(=O)[C@H](C)N[P+](=S)OC[C@H]1O[C@@H](n2cnc3c(NC)nc(N)nc32)[C@](C)(F)[C@@H]1O. The topological polar surface area (TPSA) is 159 Å². The van der Waals surface area contributed by atoms with Gasteiger partial charge >= 0.3 is 13.0 Å². The zero-order valence-corrected chi connectivity index (χ0v) is 19.7. The van der Waals surface area contributed by atoms with Crippen molar-refractivity contribution in [3.8, 4) is 0 Å². The van der Waals surface area contributed by atoms with Crippen molar-refractivity contribution in [2.75, 3.05) is 31.3 Å². The number of aliphatic hydroxyl groups excluding tert-OH is 1. The molecule has 0 spiro atoms. The first kappa shape index (κ1) is 24.6. The molecule has 12 nitrogen and oxygen atoms in total. The Morgan fingerprint density at radius 2 is 2.28 bits per heavy atom. The van der Waals surface area contributed by atoms with E-state index in [1.165, 1.54) is 17.8 Å². The third kappa shape index (κ3) is 4.80. The van der Waals surface area contributed by atoms with Gasteiger partial charge in [-0.2, -0.15) is 9.97 Å². The van der Waals surface area contributed by atoms with Gasteiger partial charge < -0.3 is 25.6 Å². The van der Waals surface area contributed by atoms with Gasteiger partial charge in [-0.05, 0) is 20.8 Å². The smallest absolute Gasteiger partial charge is 0.440 e. The lowest BCUT2D eigenvalue weighted by atomic mass is 9.98. The Kier molecular flexibility index (Phi) is 7.53. The van der Waals surface area contributed by atoms with Crippen LogP contribution in [0.2, 0.25) is 0 Å². The average Bonchev–Trinajstić information content (AvgIpc) is 3.24. The van der Waals surface area contributed by atoms with Crippen LogP contribution in [-0.4, -0.2) is 74.8 Å². The van der Waals surface area contributed by atoms with Crippen molar-refractivity contribution in [2.24, 2.45) is 0 Å². The minimum atomic E-state index is -2.20. The van der Waals surface area contributed by atoms with Crippen molar-refractivity contribution in [2.45, 2.75) is 50.9 Å². The number of carbonyl (C=O) groups is 1. The van der Waals surface area contributed by atoms with E-state index in [9.17, 15) is 9.90 Å². The summed E-state index contributed by atoms with van der Waals surface area (Å²) < 4.78 is 33.1. The molecule has 0 saturated carbocycles. The molecule has 176 valence electrons. The number of imidazole rings is 1. The van der Waals surface area contributed by atoms with Gasteiger partial charge in [0.15, 0.2) is 28.9 Å². The number of esters is 1. The van der Waals surface area contributed by atoms with Crippen molar-refractivity contribution in [1.82, 2.24) is 24.6 Å². The number of hydrogen-bond acceptors (Lipinski definition) is 11. The lowest BCUT2D eigenvalue weighted by Crippen LogP contribution is -2.40. The summed E-state index contributed by atoms with van der Waals surface area (Å²) >= 11 is 5.20. The Balaban J connectivity index is 1.73. The molecule has 2 aromatic rings. The molecule has 1 aliphatic heterocycles. The molecule has 15 heteroatoms. The zero-order chi connectivity index (χ0) is 23.6. The number of halogens is 1. The van der Waals surface area contributed by atoms with E-state index in [-0.39, 0.29) is 24.8 Å². The fourth-order valence-electron chi connectivity index (χ4n) is 3.29. The van der Waals surface area contributed by atoms with Crippen LogP contribution in [0.15, 0.2) is 6.33 Å². The van der Waals surface area contributed by atoms with Gasteiger partial charge in [0.05, 0.1) is 12.9 Å². The van der Waals surface area contributed by atoms with Crippen molar-refractivity contribution in [3.05, 3.63) is 6.33 Å². The lowest BCUT2D eigenvalue weighted by molar-refractivity contribution is -0.144. The maximum Gasteiger partial charge on any atom is 0.440 e. The first-order valence-electron chi connectivity index (χ1n) is 9.83. The third-order valence-corrected chi connectivity index (χ3v) is 6.55. The van der Waals surface area contributed by atoms with Gasteiger partial charge in [0.25, 0.3) is 0 Å². The normalized spacial score (nSPS) is 26.8. The molecule has 0 bridgehead atoms. The predicted molar refractivity (Wildman–Crippen MR) is 118 cm³/mol. The van der Waals surface area contributed by atoms with E-state index in [0.29, 0.717) is 11.3 Å². The summed E-state index contributed by atoms with van der Waals surface area (Å²) in [7, 11) is -0.0279. The number of aliphatic hydroxyl groups is 1. The summed E-state index contributed by atoms with van der Waals surface area (Å²) in [6.45, 7) is 4.56. The summed E-state index contributed by atoms with van der Waals surface area (Å²) in [5.41, 5.74) is 4.18. The molecule has 6 atom stereocenters. The number of hydrogen-bond donors (Lipinski definition) is 4. The van der Waals surface area contributed by atoms with Crippen LogP contribution in [0, 0.1) is 0 Å². The Morgan fingerprint density at radius 1 is 1.56 bits per heavy atom. The fourth-order valence-corrected chi connectivity index (χ4v) is 4.72. The highest BCUT2D eigenvalue weighted by Gasteiger charge is 2.56. The van der Waals surface area contributed by atoms with E-state index in [1.807, 2.05) is 0 Å². The van der Waals surface area contributed by atoms with E-state index in [2.05, 4.69) is 25.4 Å². The molecule has 3 heterocycles. The van der Waals surface area contributed by atoms with Crippen LogP contribution < -0.4 is 16.1 Å². The molecule has 0 radical (unpaired) electrons. The molecule has 1 aliphatic rings. The van der Waals surface area contributed by atoms with Crippen LogP contribution in [0.3, 0.4) is 0 Å². The van der Waals surface area contributed by atoms with E-state index >= 15 is 4.39 Å². The van der Waals surface area contributed by atoms with E-state index in [4.69, 9.17) is 31.5 Å². The fraction of sp³-hybridized carbons (Fsp3) is 0.647. The molecule has 1 unspecified atom stereocenters. The van der Waals surface area contributed by atoms with Gasteiger partial charge in [-0.25, -0.2) is 9.37 Å². The Hall–Kier alpha value is -2.09. The molecule has 32 heavy (non-hydrogen) atoms. The maximum absolute atomic E-state index is 15.6. The quantitative estimate of drug-likeness (QED) is 0.289.